The zero-order valence-corrected chi connectivity index (χ0v) is 21.3. The minimum atomic E-state index is -0.530. The molecule has 0 aliphatic carbocycles. The van der Waals surface area contributed by atoms with E-state index < -0.39 is 5.82 Å². The Morgan fingerprint density at radius 3 is 2.65 bits per heavy atom. The van der Waals surface area contributed by atoms with Crippen molar-refractivity contribution in [2.75, 3.05) is 36.8 Å². The molecular formula is C27H34FN7O2. The van der Waals surface area contributed by atoms with Gasteiger partial charge in [0.05, 0.1) is 6.20 Å². The lowest BCUT2D eigenvalue weighted by Crippen LogP contribution is -2.44. The molecular weight excluding hydrogens is 473 g/mol. The summed E-state index contributed by atoms with van der Waals surface area (Å²) in [5.41, 5.74) is 3.41. The fourth-order valence-electron chi connectivity index (χ4n) is 5.58. The molecule has 196 valence electrons. The van der Waals surface area contributed by atoms with E-state index in [4.69, 9.17) is 0 Å². The van der Waals surface area contributed by atoms with Crippen molar-refractivity contribution >= 4 is 29.3 Å². The molecule has 37 heavy (non-hydrogen) atoms. The second-order valence-corrected chi connectivity index (χ2v) is 10.1. The van der Waals surface area contributed by atoms with Crippen LogP contribution in [0, 0.1) is 5.82 Å². The summed E-state index contributed by atoms with van der Waals surface area (Å²) >= 11 is 0. The van der Waals surface area contributed by atoms with E-state index in [1.54, 1.807) is 11.8 Å². The minimum absolute atomic E-state index is 0.0943. The van der Waals surface area contributed by atoms with Gasteiger partial charge in [-0.3, -0.25) is 14.5 Å². The van der Waals surface area contributed by atoms with Crippen molar-refractivity contribution in [1.82, 2.24) is 24.7 Å². The van der Waals surface area contributed by atoms with E-state index in [-0.39, 0.29) is 23.7 Å². The summed E-state index contributed by atoms with van der Waals surface area (Å²) in [5.74, 6) is -0.0552. The largest absolute Gasteiger partial charge is 0.363 e. The number of fused-ring (bicyclic) bond motifs is 1. The number of likely N-dealkylation sites (tertiary alicyclic amines) is 2. The first kappa shape index (κ1) is 25.1. The van der Waals surface area contributed by atoms with E-state index in [1.165, 1.54) is 17.2 Å². The Labute approximate surface area is 216 Å². The molecule has 2 N–H and O–H groups in total. The predicted molar refractivity (Wildman–Crippen MR) is 140 cm³/mol. The molecule has 3 aliphatic heterocycles. The van der Waals surface area contributed by atoms with Crippen LogP contribution in [0.4, 0.5) is 21.8 Å². The maximum absolute atomic E-state index is 14.5. The third-order valence-corrected chi connectivity index (χ3v) is 7.63. The summed E-state index contributed by atoms with van der Waals surface area (Å²) in [6.45, 7) is 9.77. The molecule has 4 heterocycles. The smallest absolute Gasteiger partial charge is 0.246 e. The molecule has 2 amide bonds. The zero-order chi connectivity index (χ0) is 25.9. The van der Waals surface area contributed by atoms with Crippen LogP contribution < -0.4 is 10.6 Å². The van der Waals surface area contributed by atoms with Gasteiger partial charge in [0, 0.05) is 64.0 Å². The van der Waals surface area contributed by atoms with Gasteiger partial charge < -0.3 is 20.4 Å². The number of carbonyl (C=O) groups excluding carboxylic acids is 2. The molecule has 2 fully saturated rings. The molecule has 0 saturated carbocycles. The lowest BCUT2D eigenvalue weighted by Gasteiger charge is -2.36. The molecule has 3 aliphatic rings. The minimum Gasteiger partial charge on any atom is -0.363 e. The fourth-order valence-corrected chi connectivity index (χ4v) is 5.58. The monoisotopic (exact) mass is 507 g/mol. The first-order valence-corrected chi connectivity index (χ1v) is 13.0. The summed E-state index contributed by atoms with van der Waals surface area (Å²) in [4.78, 5) is 38.3. The van der Waals surface area contributed by atoms with Crippen LogP contribution in [0.25, 0.3) is 0 Å². The quantitative estimate of drug-likeness (QED) is 0.580. The number of nitrogens with one attached hydrogen (secondary N) is 2. The fraction of sp³-hybridized carbons (Fsp3) is 0.481. The average Bonchev–Trinajstić information content (AvgIpc) is 3.34. The van der Waals surface area contributed by atoms with Gasteiger partial charge in [-0.2, -0.15) is 4.98 Å². The van der Waals surface area contributed by atoms with Gasteiger partial charge in [0.25, 0.3) is 0 Å². The Kier molecular flexibility index (Phi) is 7.36. The highest BCUT2D eigenvalue weighted by molar-refractivity contribution is 5.87. The topological polar surface area (TPSA) is 93.7 Å². The summed E-state index contributed by atoms with van der Waals surface area (Å²) in [7, 11) is 0. The third kappa shape index (κ3) is 5.74. The molecule has 1 aromatic carbocycles. The first-order valence-electron chi connectivity index (χ1n) is 13.0. The number of halogens is 1. The Morgan fingerprint density at radius 1 is 1.11 bits per heavy atom. The molecule has 1 unspecified atom stereocenters. The van der Waals surface area contributed by atoms with Crippen LogP contribution in [0.5, 0.6) is 0 Å². The van der Waals surface area contributed by atoms with Gasteiger partial charge >= 0.3 is 0 Å². The number of hydrogen-bond donors (Lipinski definition) is 2. The van der Waals surface area contributed by atoms with E-state index in [2.05, 4.69) is 44.2 Å². The number of anilines is 3. The molecule has 9 nitrogen and oxygen atoms in total. The van der Waals surface area contributed by atoms with Crippen LogP contribution in [0.2, 0.25) is 0 Å². The lowest BCUT2D eigenvalue weighted by molar-refractivity contribution is -0.130. The van der Waals surface area contributed by atoms with Crippen molar-refractivity contribution < 1.29 is 14.0 Å². The van der Waals surface area contributed by atoms with E-state index in [9.17, 15) is 14.0 Å². The Bertz CT molecular complexity index is 1180. The van der Waals surface area contributed by atoms with Gasteiger partial charge in [-0.05, 0) is 55.0 Å². The predicted octanol–water partition coefficient (Wildman–Crippen LogP) is 3.27. The molecule has 1 atom stereocenters. The van der Waals surface area contributed by atoms with Crippen LogP contribution in [0.3, 0.4) is 0 Å². The molecule has 2 aromatic rings. The molecule has 10 heteroatoms. The highest BCUT2D eigenvalue weighted by Gasteiger charge is 2.30. The average molecular weight is 508 g/mol. The molecule has 5 rings (SSSR count). The lowest BCUT2D eigenvalue weighted by atomic mass is 10.0. The number of carbonyl (C=O) groups is 2. The summed E-state index contributed by atoms with van der Waals surface area (Å²) < 4.78 is 14.5. The third-order valence-electron chi connectivity index (χ3n) is 7.63. The van der Waals surface area contributed by atoms with E-state index >= 15 is 0 Å². The summed E-state index contributed by atoms with van der Waals surface area (Å²) in [6, 6.07) is 6.62. The van der Waals surface area contributed by atoms with E-state index in [0.717, 1.165) is 63.7 Å². The number of benzene rings is 1. The maximum Gasteiger partial charge on any atom is 0.246 e. The van der Waals surface area contributed by atoms with Gasteiger partial charge in [0.15, 0.2) is 11.6 Å². The molecule has 0 bridgehead atoms. The van der Waals surface area contributed by atoms with Gasteiger partial charge in [0.2, 0.25) is 17.8 Å². The van der Waals surface area contributed by atoms with Gasteiger partial charge in [-0.25, -0.2) is 9.37 Å². The highest BCUT2D eigenvalue weighted by Crippen LogP contribution is 2.31. The molecule has 2 saturated heterocycles. The van der Waals surface area contributed by atoms with Crippen molar-refractivity contribution in [3.05, 3.63) is 54.0 Å². The zero-order valence-electron chi connectivity index (χ0n) is 21.3. The normalized spacial score (nSPS) is 20.4. The van der Waals surface area contributed by atoms with Crippen LogP contribution in [0.1, 0.15) is 43.7 Å². The van der Waals surface area contributed by atoms with Crippen LogP contribution in [-0.2, 0) is 22.7 Å². The number of piperidine rings is 2. The van der Waals surface area contributed by atoms with E-state index in [1.807, 2.05) is 11.0 Å². The number of rotatable bonds is 6. The van der Waals surface area contributed by atoms with E-state index in [0.29, 0.717) is 25.1 Å². The van der Waals surface area contributed by atoms with Crippen molar-refractivity contribution in [2.24, 2.45) is 0 Å². The highest BCUT2D eigenvalue weighted by atomic mass is 19.1. The first-order chi connectivity index (χ1) is 17.9. The standard InChI is InChI=1S/C27H34FN7O2/c1-3-25(37)34-10-4-5-22(17-34)30-26-24(28)14-29-27(32-26)31-21-7-6-19-15-35(16-20(19)13-21)23-8-11-33(12-9-23)18(2)36/h3,6-7,13-14,22-23H,1,4-5,8-12,15-17H2,2H3,(H2,29,30,31,32). The summed E-state index contributed by atoms with van der Waals surface area (Å²) in [5, 5.41) is 6.37. The van der Waals surface area contributed by atoms with Crippen molar-refractivity contribution in [2.45, 2.75) is 57.8 Å². The number of amides is 2. The van der Waals surface area contributed by atoms with Gasteiger partial charge in [-0.1, -0.05) is 12.6 Å². The molecule has 0 spiro atoms. The molecule has 1 aromatic heterocycles. The maximum atomic E-state index is 14.5. The summed E-state index contributed by atoms with van der Waals surface area (Å²) in [6.07, 6.45) is 6.12. The van der Waals surface area contributed by atoms with Gasteiger partial charge in [-0.15, -0.1) is 0 Å². The second kappa shape index (κ2) is 10.8. The van der Waals surface area contributed by atoms with Crippen molar-refractivity contribution in [1.29, 1.82) is 0 Å². The number of nitrogens with zero attached hydrogens (tertiary/aromatic N) is 5. The van der Waals surface area contributed by atoms with Crippen LogP contribution >= 0.6 is 0 Å². The van der Waals surface area contributed by atoms with Crippen LogP contribution in [-0.4, -0.2) is 74.7 Å². The van der Waals surface area contributed by atoms with Crippen LogP contribution in [0.15, 0.2) is 37.1 Å². The van der Waals surface area contributed by atoms with Gasteiger partial charge in [0.1, 0.15) is 0 Å². The second-order valence-electron chi connectivity index (χ2n) is 10.1. The Balaban J connectivity index is 1.21. The number of aromatic nitrogens is 2. The van der Waals surface area contributed by atoms with Crippen molar-refractivity contribution in [3.63, 3.8) is 0 Å². The Morgan fingerprint density at radius 2 is 1.89 bits per heavy atom. The Hall–Kier alpha value is -3.53. The molecule has 0 radical (unpaired) electrons. The van der Waals surface area contributed by atoms with Crippen molar-refractivity contribution in [3.8, 4) is 0 Å². The SMILES string of the molecule is C=CC(=O)N1CCCC(Nc2nc(Nc3ccc4c(c3)CN(C3CCN(C(C)=O)CC3)C4)ncc2F)C1. The number of hydrogen-bond acceptors (Lipinski definition) is 7.